The standard InChI is InChI=1S/C16H18FNO/c1-3-16(18-2)12-5-4-6-15(11-12)19-14-9-7-13(17)8-10-14/h4-11,16,18H,3H2,1-2H3. The summed E-state index contributed by atoms with van der Waals surface area (Å²) in [6.07, 6.45) is 1.01. The van der Waals surface area contributed by atoms with Gasteiger partial charge in [0.25, 0.3) is 0 Å². The largest absolute Gasteiger partial charge is 0.457 e. The molecule has 0 radical (unpaired) electrons. The number of hydrogen-bond acceptors (Lipinski definition) is 2. The van der Waals surface area contributed by atoms with Crippen LogP contribution in [0.15, 0.2) is 48.5 Å². The summed E-state index contributed by atoms with van der Waals surface area (Å²) in [7, 11) is 1.95. The molecule has 0 bridgehead atoms. The first-order valence-corrected chi connectivity index (χ1v) is 6.43. The zero-order valence-corrected chi connectivity index (χ0v) is 11.2. The van der Waals surface area contributed by atoms with Crippen molar-refractivity contribution in [1.29, 1.82) is 0 Å². The highest BCUT2D eigenvalue weighted by molar-refractivity contribution is 5.35. The van der Waals surface area contributed by atoms with Gasteiger partial charge in [-0.15, -0.1) is 0 Å². The maximum absolute atomic E-state index is 12.8. The molecule has 2 nitrogen and oxygen atoms in total. The van der Waals surface area contributed by atoms with Crippen molar-refractivity contribution in [2.75, 3.05) is 7.05 Å². The summed E-state index contributed by atoms with van der Waals surface area (Å²) in [5.41, 5.74) is 1.18. The predicted molar refractivity (Wildman–Crippen MR) is 75.0 cm³/mol. The number of benzene rings is 2. The number of ether oxygens (including phenoxy) is 1. The molecule has 1 atom stereocenters. The van der Waals surface area contributed by atoms with Crippen LogP contribution < -0.4 is 10.1 Å². The second-order valence-electron chi connectivity index (χ2n) is 4.38. The highest BCUT2D eigenvalue weighted by Crippen LogP contribution is 2.25. The summed E-state index contributed by atoms with van der Waals surface area (Å²) >= 11 is 0. The van der Waals surface area contributed by atoms with Crippen LogP contribution in [0.4, 0.5) is 4.39 Å². The van der Waals surface area contributed by atoms with Gasteiger partial charge < -0.3 is 10.1 Å². The molecule has 3 heteroatoms. The van der Waals surface area contributed by atoms with Crippen molar-refractivity contribution in [3.63, 3.8) is 0 Å². The van der Waals surface area contributed by atoms with Gasteiger partial charge in [0.1, 0.15) is 17.3 Å². The average Bonchev–Trinajstić information content (AvgIpc) is 2.43. The van der Waals surface area contributed by atoms with Crippen LogP contribution in [0.25, 0.3) is 0 Å². The molecule has 2 aromatic carbocycles. The Labute approximate surface area is 113 Å². The summed E-state index contributed by atoms with van der Waals surface area (Å²) in [6, 6.07) is 14.3. The second kappa shape index (κ2) is 6.34. The minimum Gasteiger partial charge on any atom is -0.457 e. The van der Waals surface area contributed by atoms with Crippen molar-refractivity contribution in [2.45, 2.75) is 19.4 Å². The predicted octanol–water partition coefficient (Wildman–Crippen LogP) is 4.29. The van der Waals surface area contributed by atoms with Crippen molar-refractivity contribution in [3.05, 3.63) is 59.9 Å². The Morgan fingerprint density at radius 3 is 2.47 bits per heavy atom. The van der Waals surface area contributed by atoms with Crippen LogP contribution in [0.5, 0.6) is 11.5 Å². The Balaban J connectivity index is 2.17. The van der Waals surface area contributed by atoms with E-state index in [0.29, 0.717) is 11.8 Å². The third kappa shape index (κ3) is 3.55. The fraction of sp³-hybridized carbons (Fsp3) is 0.250. The van der Waals surface area contributed by atoms with Gasteiger partial charge in [-0.05, 0) is 55.4 Å². The molecule has 2 rings (SSSR count). The van der Waals surface area contributed by atoms with E-state index in [1.807, 2.05) is 25.2 Å². The van der Waals surface area contributed by atoms with Crippen molar-refractivity contribution in [1.82, 2.24) is 5.32 Å². The number of halogens is 1. The summed E-state index contributed by atoms with van der Waals surface area (Å²) in [5.74, 6) is 1.14. The highest BCUT2D eigenvalue weighted by Gasteiger charge is 2.07. The quantitative estimate of drug-likeness (QED) is 0.865. The van der Waals surface area contributed by atoms with Crippen molar-refractivity contribution < 1.29 is 9.13 Å². The van der Waals surface area contributed by atoms with Crippen LogP contribution in [0.3, 0.4) is 0 Å². The van der Waals surface area contributed by atoms with Gasteiger partial charge in [0, 0.05) is 6.04 Å². The Kier molecular flexibility index (Phi) is 4.53. The Morgan fingerprint density at radius 2 is 1.84 bits per heavy atom. The lowest BCUT2D eigenvalue weighted by Crippen LogP contribution is -2.14. The van der Waals surface area contributed by atoms with Crippen LogP contribution in [-0.2, 0) is 0 Å². The molecule has 1 unspecified atom stereocenters. The molecular formula is C16H18FNO. The molecule has 0 fully saturated rings. The van der Waals surface area contributed by atoms with Gasteiger partial charge in [0.15, 0.2) is 0 Å². The Bertz CT molecular complexity index is 521. The van der Waals surface area contributed by atoms with Gasteiger partial charge in [-0.2, -0.15) is 0 Å². The monoisotopic (exact) mass is 259 g/mol. The normalized spacial score (nSPS) is 12.2. The average molecular weight is 259 g/mol. The first-order valence-electron chi connectivity index (χ1n) is 6.43. The fourth-order valence-electron chi connectivity index (χ4n) is 2.04. The molecular weight excluding hydrogens is 241 g/mol. The summed E-state index contributed by atoms with van der Waals surface area (Å²) in [4.78, 5) is 0. The number of hydrogen-bond donors (Lipinski definition) is 1. The van der Waals surface area contributed by atoms with E-state index in [4.69, 9.17) is 4.74 Å². The third-order valence-corrected chi connectivity index (χ3v) is 3.07. The smallest absolute Gasteiger partial charge is 0.127 e. The lowest BCUT2D eigenvalue weighted by atomic mass is 10.0. The van der Waals surface area contributed by atoms with Crippen molar-refractivity contribution in [3.8, 4) is 11.5 Å². The Morgan fingerprint density at radius 1 is 1.11 bits per heavy atom. The van der Waals surface area contributed by atoms with Gasteiger partial charge in [0.2, 0.25) is 0 Å². The molecule has 0 aromatic heterocycles. The number of rotatable bonds is 5. The lowest BCUT2D eigenvalue weighted by molar-refractivity contribution is 0.477. The molecule has 0 aliphatic rings. The van der Waals surface area contributed by atoms with E-state index in [-0.39, 0.29) is 5.82 Å². The maximum Gasteiger partial charge on any atom is 0.127 e. The Hall–Kier alpha value is -1.87. The second-order valence-corrected chi connectivity index (χ2v) is 4.38. The summed E-state index contributed by atoms with van der Waals surface area (Å²) in [6.45, 7) is 2.13. The van der Waals surface area contributed by atoms with E-state index in [9.17, 15) is 4.39 Å². The van der Waals surface area contributed by atoms with Crippen LogP contribution in [0, 0.1) is 5.82 Å². The fourth-order valence-corrected chi connectivity index (χ4v) is 2.04. The van der Waals surface area contributed by atoms with E-state index in [1.165, 1.54) is 17.7 Å². The van der Waals surface area contributed by atoms with Gasteiger partial charge in [-0.3, -0.25) is 0 Å². The van der Waals surface area contributed by atoms with Crippen LogP contribution in [-0.4, -0.2) is 7.05 Å². The van der Waals surface area contributed by atoms with Gasteiger partial charge >= 0.3 is 0 Å². The maximum atomic E-state index is 12.8. The van der Waals surface area contributed by atoms with Gasteiger partial charge in [-0.25, -0.2) is 4.39 Å². The van der Waals surface area contributed by atoms with E-state index >= 15 is 0 Å². The molecule has 0 amide bonds. The van der Waals surface area contributed by atoms with Crippen LogP contribution in [0.2, 0.25) is 0 Å². The molecule has 0 aliphatic heterocycles. The summed E-state index contributed by atoms with van der Waals surface area (Å²) < 4.78 is 18.5. The molecule has 2 aromatic rings. The van der Waals surface area contributed by atoms with Gasteiger partial charge in [0.05, 0.1) is 0 Å². The highest BCUT2D eigenvalue weighted by atomic mass is 19.1. The van der Waals surface area contributed by atoms with Crippen molar-refractivity contribution in [2.24, 2.45) is 0 Å². The van der Waals surface area contributed by atoms with E-state index < -0.39 is 0 Å². The summed E-state index contributed by atoms with van der Waals surface area (Å²) in [5, 5.41) is 3.26. The van der Waals surface area contributed by atoms with Crippen LogP contribution in [0.1, 0.15) is 24.9 Å². The number of nitrogens with one attached hydrogen (secondary N) is 1. The molecule has 19 heavy (non-hydrogen) atoms. The molecule has 1 N–H and O–H groups in total. The third-order valence-electron chi connectivity index (χ3n) is 3.07. The minimum absolute atomic E-state index is 0.262. The van der Waals surface area contributed by atoms with Gasteiger partial charge in [-0.1, -0.05) is 19.1 Å². The minimum atomic E-state index is -0.262. The molecule has 0 saturated carbocycles. The molecule has 0 heterocycles. The first kappa shape index (κ1) is 13.6. The van der Waals surface area contributed by atoms with Crippen LogP contribution >= 0.6 is 0 Å². The zero-order chi connectivity index (χ0) is 13.7. The van der Waals surface area contributed by atoms with E-state index in [0.717, 1.165) is 12.2 Å². The first-order chi connectivity index (χ1) is 9.22. The SMILES string of the molecule is CCC(NC)c1cccc(Oc2ccc(F)cc2)c1. The lowest BCUT2D eigenvalue weighted by Gasteiger charge is -2.15. The molecule has 0 spiro atoms. The molecule has 0 aliphatic carbocycles. The van der Waals surface area contributed by atoms with E-state index in [1.54, 1.807) is 12.1 Å². The molecule has 0 saturated heterocycles. The van der Waals surface area contributed by atoms with Crippen molar-refractivity contribution >= 4 is 0 Å². The molecule has 100 valence electrons. The zero-order valence-electron chi connectivity index (χ0n) is 11.2. The topological polar surface area (TPSA) is 21.3 Å². The van der Waals surface area contributed by atoms with E-state index in [2.05, 4.69) is 18.3 Å².